The maximum absolute atomic E-state index is 12.7. The van der Waals surface area contributed by atoms with Crippen molar-refractivity contribution in [1.82, 2.24) is 27.9 Å². The van der Waals surface area contributed by atoms with E-state index in [-0.39, 0.29) is 11.3 Å². The minimum absolute atomic E-state index is 0.274. The molecule has 0 bridgehead atoms. The molecule has 2 unspecified atom stereocenters. The van der Waals surface area contributed by atoms with E-state index >= 15 is 0 Å². The summed E-state index contributed by atoms with van der Waals surface area (Å²) < 4.78 is 69.1. The Morgan fingerprint density at radius 3 is 1.41 bits per heavy atom. The summed E-state index contributed by atoms with van der Waals surface area (Å²) in [5, 5.41) is 41.6. The fraction of sp³-hybridized carbons (Fsp3) is 0.455. The maximum atomic E-state index is 12.7. The van der Waals surface area contributed by atoms with E-state index in [1.54, 1.807) is 0 Å². The molecule has 2 aliphatic heterocycles. The van der Waals surface area contributed by atoms with E-state index in [9.17, 15) is 58.4 Å². The molecule has 6 heterocycles. The fourth-order valence-corrected chi connectivity index (χ4v) is 8.63. The number of phosphoric ester groups is 2. The first-order chi connectivity index (χ1) is 23.0. The van der Waals surface area contributed by atoms with Crippen molar-refractivity contribution in [2.75, 3.05) is 13.2 Å². The summed E-state index contributed by atoms with van der Waals surface area (Å²) >= 11 is 0. The van der Waals surface area contributed by atoms with Crippen LogP contribution in [0.1, 0.15) is 12.5 Å². The zero-order chi connectivity index (χ0) is 35.5. The molecule has 0 aromatic carbocycles. The average molecular weight is 756 g/mol. The number of nitrogens with zero attached hydrogens (tertiary/aromatic N) is 6. The van der Waals surface area contributed by atoms with E-state index in [1.165, 1.54) is 49.3 Å². The molecule has 10 atom stereocenters. The largest absolute Gasteiger partial charge is 0.490 e. The van der Waals surface area contributed by atoms with E-state index in [4.69, 9.17) is 9.47 Å². The van der Waals surface area contributed by atoms with Gasteiger partial charge in [0, 0.05) is 37.2 Å². The van der Waals surface area contributed by atoms with Crippen LogP contribution >= 0.6 is 23.5 Å². The summed E-state index contributed by atoms with van der Waals surface area (Å²) in [5.41, 5.74) is -0.886. The Morgan fingerprint density at radius 2 is 1.02 bits per heavy atom. The number of rotatable bonds is 12. The van der Waals surface area contributed by atoms with Crippen LogP contribution < -0.4 is 11.4 Å². The lowest BCUT2D eigenvalue weighted by atomic mass is 10.1. The second-order valence-corrected chi connectivity index (χ2v) is 15.2. The molecule has 4 aromatic rings. The lowest BCUT2D eigenvalue weighted by Gasteiger charge is -2.21. The van der Waals surface area contributed by atoms with Crippen molar-refractivity contribution in [1.29, 1.82) is 0 Å². The molecule has 6 rings (SSSR count). The zero-order valence-electron chi connectivity index (χ0n) is 24.3. The predicted octanol–water partition coefficient (Wildman–Crippen LogP) is -2.39. The van der Waals surface area contributed by atoms with Crippen LogP contribution in [0.4, 0.5) is 0 Å². The van der Waals surface area contributed by atoms with Crippen LogP contribution in [0.25, 0.3) is 11.3 Å². The molecule has 0 spiro atoms. The molecule has 27 heteroatoms. The Hall–Kier alpha value is -2.99. The summed E-state index contributed by atoms with van der Waals surface area (Å²) in [7, 11) is -17.3. The normalized spacial score (nSPS) is 31.2. The van der Waals surface area contributed by atoms with Gasteiger partial charge in [-0.25, -0.2) is 33.3 Å². The number of ether oxygens (including phenoxy) is 2. The van der Waals surface area contributed by atoms with Crippen LogP contribution in [0.15, 0.2) is 58.9 Å². The van der Waals surface area contributed by atoms with Crippen molar-refractivity contribution in [3.05, 3.63) is 70.3 Å². The third-order valence-electron chi connectivity index (χ3n) is 7.40. The van der Waals surface area contributed by atoms with E-state index in [1.807, 2.05) is 0 Å². The number of fused-ring (bicyclic) bond motifs is 2. The minimum Gasteiger partial charge on any atom is -0.387 e. The number of hydrogen-bond acceptors (Lipinski definition) is 17. The molecule has 2 aliphatic rings. The Labute approximate surface area is 271 Å². The Morgan fingerprint density at radius 1 is 0.633 bits per heavy atom. The van der Waals surface area contributed by atoms with Crippen LogP contribution in [-0.2, 0) is 40.8 Å². The highest BCUT2D eigenvalue weighted by Gasteiger charge is 2.49. The molecule has 2 fully saturated rings. The quantitative estimate of drug-likeness (QED) is 0.0742. The summed E-state index contributed by atoms with van der Waals surface area (Å²) in [4.78, 5) is 63.1. The summed E-state index contributed by atoms with van der Waals surface area (Å²) in [6, 6.07) is 2.81. The van der Waals surface area contributed by atoms with Crippen LogP contribution in [0.3, 0.4) is 0 Å². The van der Waals surface area contributed by atoms with Crippen molar-refractivity contribution in [2.45, 2.75) is 49.1 Å². The Balaban J connectivity index is 1.03. The average Bonchev–Trinajstić information content (AvgIpc) is 3.80. The Kier molecular flexibility index (Phi) is 9.71. The second kappa shape index (κ2) is 13.3. The van der Waals surface area contributed by atoms with Gasteiger partial charge in [-0.15, -0.1) is 0 Å². The third kappa shape index (κ3) is 7.27. The molecule has 7 N–H and O–H groups in total. The molecule has 24 nitrogen and oxygen atoms in total. The summed E-state index contributed by atoms with van der Waals surface area (Å²) in [5.74, 6) is 0. The third-order valence-corrected chi connectivity index (χ3v) is 11.7. The van der Waals surface area contributed by atoms with Gasteiger partial charge >= 0.3 is 34.8 Å². The van der Waals surface area contributed by atoms with Gasteiger partial charge in [0.15, 0.2) is 12.5 Å². The van der Waals surface area contributed by atoms with E-state index < -0.39 is 97.1 Å². The van der Waals surface area contributed by atoms with Gasteiger partial charge in [0.05, 0.1) is 13.2 Å². The van der Waals surface area contributed by atoms with Gasteiger partial charge in [-0.3, -0.25) is 27.0 Å². The SMILES string of the molecule is O=c1n([C@H]2O[C@H](COP(=O)(O)OP(=O)(O)OP(=O)(O)OC[C@H]3O[C@H](n4ccc5nccn5c4=O)[C@H](O)[C@@H]3O)[C@@H](O)[C@H]2O)ccc2nccn12. The first-order valence-corrected chi connectivity index (χ1v) is 18.3. The highest BCUT2D eigenvalue weighted by Crippen LogP contribution is 2.67. The van der Waals surface area contributed by atoms with E-state index in [0.717, 1.165) is 17.9 Å². The first-order valence-electron chi connectivity index (χ1n) is 13.8. The minimum atomic E-state index is -5.97. The van der Waals surface area contributed by atoms with Gasteiger partial charge < -0.3 is 44.6 Å². The monoisotopic (exact) mass is 756 g/mol. The predicted molar refractivity (Wildman–Crippen MR) is 154 cm³/mol. The molecule has 268 valence electrons. The molecular formula is C22H27N6O18P3. The van der Waals surface area contributed by atoms with Crippen LogP contribution in [0.5, 0.6) is 0 Å². The molecule has 0 saturated carbocycles. The van der Waals surface area contributed by atoms with Gasteiger partial charge in [-0.2, -0.15) is 8.62 Å². The molecule has 0 aliphatic carbocycles. The number of aliphatic hydroxyl groups excluding tert-OH is 4. The fourth-order valence-electron chi connectivity index (χ4n) is 5.11. The van der Waals surface area contributed by atoms with Crippen molar-refractivity contribution >= 4 is 34.8 Å². The number of imidazole rings is 2. The van der Waals surface area contributed by atoms with Crippen LogP contribution in [0.2, 0.25) is 0 Å². The number of aliphatic hydroxyl groups is 4. The van der Waals surface area contributed by atoms with Crippen LogP contribution in [0, 0.1) is 0 Å². The number of hydrogen-bond donors (Lipinski definition) is 7. The van der Waals surface area contributed by atoms with Gasteiger partial charge in [0.1, 0.15) is 47.9 Å². The lowest BCUT2D eigenvalue weighted by Crippen LogP contribution is -2.36. The smallest absolute Gasteiger partial charge is 0.387 e. The van der Waals surface area contributed by atoms with Gasteiger partial charge in [-0.05, 0) is 12.1 Å². The van der Waals surface area contributed by atoms with Gasteiger partial charge in [0.2, 0.25) is 0 Å². The van der Waals surface area contributed by atoms with Crippen LogP contribution in [-0.4, -0.2) is 113 Å². The molecule has 49 heavy (non-hydrogen) atoms. The number of phosphoric acid groups is 3. The topological polar surface area (TPSA) is 327 Å². The molecule has 0 amide bonds. The maximum Gasteiger partial charge on any atom is 0.490 e. The lowest BCUT2D eigenvalue weighted by molar-refractivity contribution is -0.0549. The molecule has 4 aromatic heterocycles. The molecular weight excluding hydrogens is 729 g/mol. The van der Waals surface area contributed by atoms with Crippen molar-refractivity contribution in [2.24, 2.45) is 0 Å². The molecule has 2 saturated heterocycles. The Bertz CT molecular complexity index is 1970. The first kappa shape index (κ1) is 35.8. The highest BCUT2D eigenvalue weighted by atomic mass is 31.3. The van der Waals surface area contributed by atoms with Gasteiger partial charge in [0.25, 0.3) is 0 Å². The summed E-state index contributed by atoms with van der Waals surface area (Å²) in [6.45, 7) is -2.15. The van der Waals surface area contributed by atoms with E-state index in [2.05, 4.69) is 27.6 Å². The summed E-state index contributed by atoms with van der Waals surface area (Å²) in [6.07, 6.45) is -5.57. The zero-order valence-corrected chi connectivity index (χ0v) is 27.0. The van der Waals surface area contributed by atoms with E-state index in [0.29, 0.717) is 0 Å². The van der Waals surface area contributed by atoms with Crippen molar-refractivity contribution in [3.63, 3.8) is 0 Å². The van der Waals surface area contributed by atoms with Gasteiger partial charge in [-0.1, -0.05) is 0 Å². The highest BCUT2D eigenvalue weighted by molar-refractivity contribution is 7.66. The standard InChI is InChI=1S/C22H27N6O18P3/c29-15-11(43-19(17(15)31)27-5-1-13-23-3-7-25(13)21(27)33)9-41-47(35,36)45-49(39,40)46-48(37,38)42-10-12-16(30)18(32)20(44-12)28-6-2-14-24-4-8-26(14)22(28)34/h1-8,11-12,15-20,29-32H,9-10H2,(H,35,36)(H,37,38)(H,39,40)/t11-,12-,15-,16-,17-,18-,19+,20+/m1/s1. The second-order valence-electron chi connectivity index (χ2n) is 10.6. The van der Waals surface area contributed by atoms with Crippen molar-refractivity contribution < 1.29 is 75.9 Å². The molecule has 0 radical (unpaired) electrons. The number of aromatic nitrogens is 6. The van der Waals surface area contributed by atoms with Crippen molar-refractivity contribution in [3.8, 4) is 0 Å².